The molecular formula is C6H14O3. The monoisotopic (exact) mass is 134 g/mol. The Labute approximate surface area is 55.7 Å². The normalized spacial score (nSPS) is 5.00. The van der Waals surface area contributed by atoms with E-state index in [1.54, 1.807) is 0 Å². The Morgan fingerprint density at radius 2 is 1.33 bits per heavy atom. The molecule has 3 heteroatoms. The highest BCUT2D eigenvalue weighted by atomic mass is 16.2. The molecule has 0 saturated heterocycles. The van der Waals surface area contributed by atoms with E-state index in [0.29, 0.717) is 0 Å². The standard InChI is InChI=1S/C3H6O.C2H4O.CH4O/c1-3(2)4;1-2-3;1-2/h1-2H3;2H,1H3;2H,1H3. The second-order valence-corrected chi connectivity index (χ2v) is 1.14. The van der Waals surface area contributed by atoms with Gasteiger partial charge in [0.1, 0.15) is 12.1 Å². The van der Waals surface area contributed by atoms with Gasteiger partial charge in [0.15, 0.2) is 0 Å². The molecule has 56 valence electrons. The second-order valence-electron chi connectivity index (χ2n) is 1.14. The molecule has 0 fully saturated rings. The summed E-state index contributed by atoms with van der Waals surface area (Å²) in [5, 5.41) is 7.00. The highest BCUT2D eigenvalue weighted by Gasteiger charge is 1.62. The summed E-state index contributed by atoms with van der Waals surface area (Å²) in [6.07, 6.45) is 0.750. The van der Waals surface area contributed by atoms with Crippen LogP contribution in [-0.4, -0.2) is 24.3 Å². The number of rotatable bonds is 0. The Bertz CT molecular complexity index is 55.3. The molecule has 0 unspecified atom stereocenters. The number of aldehydes is 1. The zero-order valence-corrected chi connectivity index (χ0v) is 6.34. The van der Waals surface area contributed by atoms with E-state index in [-0.39, 0.29) is 5.78 Å². The predicted octanol–water partition coefficient (Wildman–Crippen LogP) is 0.409. The number of carbonyl (C=O) groups excluding carboxylic acids is 2. The maximum Gasteiger partial charge on any atom is 0.126 e. The maximum atomic E-state index is 9.44. The largest absolute Gasteiger partial charge is 0.400 e. The fourth-order valence-electron chi connectivity index (χ4n) is 0. The fourth-order valence-corrected chi connectivity index (χ4v) is 0. The van der Waals surface area contributed by atoms with Crippen molar-refractivity contribution in [3.63, 3.8) is 0 Å². The van der Waals surface area contributed by atoms with Crippen LogP contribution < -0.4 is 0 Å². The van der Waals surface area contributed by atoms with E-state index in [4.69, 9.17) is 9.90 Å². The van der Waals surface area contributed by atoms with Crippen molar-refractivity contribution < 1.29 is 14.7 Å². The summed E-state index contributed by atoms with van der Waals surface area (Å²) >= 11 is 0. The predicted molar refractivity (Wildman–Crippen MR) is 36.2 cm³/mol. The van der Waals surface area contributed by atoms with Crippen molar-refractivity contribution in [3.8, 4) is 0 Å². The third kappa shape index (κ3) is 418. The van der Waals surface area contributed by atoms with Gasteiger partial charge in [-0.3, -0.25) is 0 Å². The van der Waals surface area contributed by atoms with Crippen molar-refractivity contribution in [1.29, 1.82) is 0 Å². The quantitative estimate of drug-likeness (QED) is 0.488. The summed E-state index contributed by atoms with van der Waals surface area (Å²) in [7, 11) is 1.00. The minimum atomic E-state index is 0.167. The molecule has 0 saturated carbocycles. The molecule has 0 radical (unpaired) electrons. The molecule has 0 aliphatic rings. The van der Waals surface area contributed by atoms with Crippen LogP contribution in [0.15, 0.2) is 0 Å². The lowest BCUT2D eigenvalue weighted by Crippen LogP contribution is -1.69. The topological polar surface area (TPSA) is 54.4 Å². The van der Waals surface area contributed by atoms with Crippen LogP contribution >= 0.6 is 0 Å². The molecule has 0 amide bonds. The van der Waals surface area contributed by atoms with Gasteiger partial charge in [-0.25, -0.2) is 0 Å². The average molecular weight is 134 g/mol. The van der Waals surface area contributed by atoms with E-state index in [9.17, 15) is 4.79 Å². The van der Waals surface area contributed by atoms with Crippen LogP contribution in [0.4, 0.5) is 0 Å². The van der Waals surface area contributed by atoms with E-state index in [2.05, 4.69) is 0 Å². The first-order valence-electron chi connectivity index (χ1n) is 2.46. The van der Waals surface area contributed by atoms with Gasteiger partial charge in [-0.05, 0) is 20.8 Å². The summed E-state index contributed by atoms with van der Waals surface area (Å²) in [6, 6.07) is 0. The molecule has 9 heavy (non-hydrogen) atoms. The van der Waals surface area contributed by atoms with Gasteiger partial charge in [-0.2, -0.15) is 0 Å². The number of ketones is 1. The van der Waals surface area contributed by atoms with Gasteiger partial charge in [-0.1, -0.05) is 0 Å². The fraction of sp³-hybridized carbons (Fsp3) is 0.667. The SMILES string of the molecule is CC(C)=O.CC=O.CO. The Morgan fingerprint density at radius 1 is 1.33 bits per heavy atom. The highest BCUT2D eigenvalue weighted by Crippen LogP contribution is 1.50. The van der Waals surface area contributed by atoms with Crippen LogP contribution in [0.1, 0.15) is 20.8 Å². The van der Waals surface area contributed by atoms with Crippen LogP contribution in [0.5, 0.6) is 0 Å². The maximum absolute atomic E-state index is 9.44. The minimum absolute atomic E-state index is 0.167. The van der Waals surface area contributed by atoms with Gasteiger partial charge < -0.3 is 14.7 Å². The smallest absolute Gasteiger partial charge is 0.126 e. The molecule has 0 aromatic carbocycles. The molecule has 0 aromatic heterocycles. The molecule has 0 atom stereocenters. The van der Waals surface area contributed by atoms with Gasteiger partial charge in [-0.15, -0.1) is 0 Å². The Morgan fingerprint density at radius 3 is 1.33 bits per heavy atom. The summed E-state index contributed by atoms with van der Waals surface area (Å²) in [5.74, 6) is 0.167. The number of hydrogen-bond acceptors (Lipinski definition) is 3. The van der Waals surface area contributed by atoms with Crippen LogP contribution in [0.3, 0.4) is 0 Å². The van der Waals surface area contributed by atoms with E-state index in [1.165, 1.54) is 20.8 Å². The number of aliphatic hydroxyl groups is 1. The number of hydrogen-bond donors (Lipinski definition) is 1. The van der Waals surface area contributed by atoms with E-state index >= 15 is 0 Å². The lowest BCUT2D eigenvalue weighted by molar-refractivity contribution is -0.115. The Kier molecular flexibility index (Phi) is 46.5. The molecule has 0 bridgehead atoms. The van der Waals surface area contributed by atoms with E-state index in [1.807, 2.05) is 0 Å². The van der Waals surface area contributed by atoms with E-state index in [0.717, 1.165) is 13.4 Å². The Balaban J connectivity index is -0.0000000646. The zero-order valence-electron chi connectivity index (χ0n) is 6.34. The van der Waals surface area contributed by atoms with E-state index < -0.39 is 0 Å². The van der Waals surface area contributed by atoms with Crippen molar-refractivity contribution in [3.05, 3.63) is 0 Å². The summed E-state index contributed by atoms with van der Waals surface area (Å²) in [4.78, 5) is 18.2. The summed E-state index contributed by atoms with van der Waals surface area (Å²) < 4.78 is 0. The van der Waals surface area contributed by atoms with Crippen molar-refractivity contribution in [2.45, 2.75) is 20.8 Å². The van der Waals surface area contributed by atoms with Gasteiger partial charge in [0.2, 0.25) is 0 Å². The van der Waals surface area contributed by atoms with Crippen LogP contribution in [-0.2, 0) is 9.59 Å². The van der Waals surface area contributed by atoms with Crippen LogP contribution in [0.25, 0.3) is 0 Å². The lowest BCUT2D eigenvalue weighted by Gasteiger charge is -1.56. The molecular weight excluding hydrogens is 120 g/mol. The molecule has 3 nitrogen and oxygen atoms in total. The van der Waals surface area contributed by atoms with Crippen molar-refractivity contribution >= 4 is 12.1 Å². The average Bonchev–Trinajstić information content (AvgIpc) is 1.71. The minimum Gasteiger partial charge on any atom is -0.400 e. The van der Waals surface area contributed by atoms with Crippen LogP contribution in [0, 0.1) is 0 Å². The Hall–Kier alpha value is -0.700. The first-order chi connectivity index (χ1) is 4.15. The summed E-state index contributed by atoms with van der Waals surface area (Å²) in [6.45, 7) is 4.50. The zero-order chi connectivity index (χ0) is 8.28. The molecule has 0 heterocycles. The summed E-state index contributed by atoms with van der Waals surface area (Å²) in [5.41, 5.74) is 0. The molecule has 0 spiro atoms. The third-order valence-electron chi connectivity index (χ3n) is 0. The molecule has 0 aliphatic heterocycles. The molecule has 0 aliphatic carbocycles. The van der Waals surface area contributed by atoms with Gasteiger partial charge in [0.25, 0.3) is 0 Å². The van der Waals surface area contributed by atoms with Gasteiger partial charge in [0.05, 0.1) is 0 Å². The van der Waals surface area contributed by atoms with Crippen molar-refractivity contribution in [2.75, 3.05) is 7.11 Å². The molecule has 0 rings (SSSR count). The van der Waals surface area contributed by atoms with Crippen molar-refractivity contribution in [2.24, 2.45) is 0 Å². The number of carbonyl (C=O) groups is 2. The number of Topliss-reactive ketones (excluding diaryl/α,β-unsaturated/α-hetero) is 1. The van der Waals surface area contributed by atoms with Gasteiger partial charge in [0, 0.05) is 7.11 Å². The first kappa shape index (κ1) is 15.7. The highest BCUT2D eigenvalue weighted by molar-refractivity contribution is 5.72. The first-order valence-corrected chi connectivity index (χ1v) is 2.46. The number of aliphatic hydroxyl groups excluding tert-OH is 1. The second kappa shape index (κ2) is 26.6. The van der Waals surface area contributed by atoms with Crippen molar-refractivity contribution in [1.82, 2.24) is 0 Å². The van der Waals surface area contributed by atoms with Crippen LogP contribution in [0.2, 0.25) is 0 Å². The molecule has 1 N–H and O–H groups in total. The lowest BCUT2D eigenvalue weighted by atomic mass is 10.6. The molecule has 0 aromatic rings. The van der Waals surface area contributed by atoms with Gasteiger partial charge >= 0.3 is 0 Å². The third-order valence-corrected chi connectivity index (χ3v) is 0.